The number of nitrogens with zero attached hydrogens (tertiary/aromatic N) is 3. The maximum Gasteiger partial charge on any atom is 0.242 e. The van der Waals surface area contributed by atoms with Crippen LogP contribution in [-0.2, 0) is 11.3 Å². The molecule has 28 heavy (non-hydrogen) atoms. The van der Waals surface area contributed by atoms with Crippen molar-refractivity contribution in [2.45, 2.75) is 25.0 Å². The van der Waals surface area contributed by atoms with E-state index in [2.05, 4.69) is 4.98 Å². The number of carbonyl (C=O) groups excluding carboxylic acids is 1. The van der Waals surface area contributed by atoms with E-state index in [9.17, 15) is 9.90 Å². The van der Waals surface area contributed by atoms with Crippen LogP contribution in [0.4, 0.5) is 0 Å². The Morgan fingerprint density at radius 3 is 2.93 bits per heavy atom. The van der Waals surface area contributed by atoms with Gasteiger partial charge in [0.2, 0.25) is 12.7 Å². The highest BCUT2D eigenvalue weighted by Gasteiger charge is 2.32. The number of imidazole rings is 1. The van der Waals surface area contributed by atoms with Crippen LogP contribution < -0.4 is 9.47 Å². The number of β-amino-alcohol motifs (C(OH)–C–C–N with tert-alkyl or cyclic N) is 1. The summed E-state index contributed by atoms with van der Waals surface area (Å²) >= 11 is 0. The van der Waals surface area contributed by atoms with Crippen LogP contribution in [0.15, 0.2) is 48.8 Å². The van der Waals surface area contributed by atoms with Crippen molar-refractivity contribution in [1.29, 1.82) is 0 Å². The van der Waals surface area contributed by atoms with Gasteiger partial charge in [-0.15, -0.1) is 0 Å². The number of carbonyl (C=O) groups is 1. The molecule has 1 amide bonds. The second kappa shape index (κ2) is 6.83. The number of piperidine rings is 1. The van der Waals surface area contributed by atoms with Gasteiger partial charge in [-0.1, -0.05) is 18.2 Å². The fourth-order valence-electron chi connectivity index (χ4n) is 4.07. The van der Waals surface area contributed by atoms with Gasteiger partial charge in [0.15, 0.2) is 11.5 Å². The number of aliphatic hydroxyl groups is 1. The van der Waals surface area contributed by atoms with Gasteiger partial charge in [0, 0.05) is 19.0 Å². The van der Waals surface area contributed by atoms with Crippen LogP contribution in [0.3, 0.4) is 0 Å². The molecule has 2 aromatic carbocycles. The number of likely N-dealkylation sites (tertiary alicyclic amines) is 1. The number of para-hydroxylation sites is 2. The van der Waals surface area contributed by atoms with E-state index in [0.717, 1.165) is 28.1 Å². The summed E-state index contributed by atoms with van der Waals surface area (Å²) in [5.41, 5.74) is 2.83. The number of hydrogen-bond acceptors (Lipinski definition) is 5. The molecule has 0 unspecified atom stereocenters. The Kier molecular flexibility index (Phi) is 4.16. The smallest absolute Gasteiger partial charge is 0.242 e. The monoisotopic (exact) mass is 379 g/mol. The van der Waals surface area contributed by atoms with Gasteiger partial charge in [-0.25, -0.2) is 4.98 Å². The van der Waals surface area contributed by atoms with Crippen LogP contribution in [0.2, 0.25) is 0 Å². The lowest BCUT2D eigenvalue weighted by atomic mass is 9.87. The third kappa shape index (κ3) is 2.97. The summed E-state index contributed by atoms with van der Waals surface area (Å²) in [5, 5.41) is 10.7. The molecule has 2 aliphatic rings. The van der Waals surface area contributed by atoms with Crippen molar-refractivity contribution in [3.8, 4) is 11.5 Å². The molecule has 1 fully saturated rings. The van der Waals surface area contributed by atoms with Gasteiger partial charge in [-0.3, -0.25) is 4.79 Å². The molecular formula is C21H21N3O4. The molecule has 1 saturated heterocycles. The molecule has 7 nitrogen and oxygen atoms in total. The molecule has 0 spiro atoms. The standard InChI is InChI=1S/C21H21N3O4/c25-18-10-23(21(26)11-24-12-22-16-3-1-2-4-17(16)24)8-7-15(18)14-5-6-19-20(9-14)28-13-27-19/h1-6,9,12,15,18,25H,7-8,10-11,13H2/t15-,18+/m0/s1. The third-order valence-corrected chi connectivity index (χ3v) is 5.59. The molecule has 0 aliphatic carbocycles. The van der Waals surface area contributed by atoms with Crippen molar-refractivity contribution in [2.24, 2.45) is 0 Å². The zero-order valence-corrected chi connectivity index (χ0v) is 15.3. The summed E-state index contributed by atoms with van der Waals surface area (Å²) in [4.78, 5) is 18.9. The first-order valence-electron chi connectivity index (χ1n) is 9.44. The predicted molar refractivity (Wildman–Crippen MR) is 102 cm³/mol. The number of benzene rings is 2. The molecule has 7 heteroatoms. The predicted octanol–water partition coefficient (Wildman–Crippen LogP) is 2.14. The fraction of sp³-hybridized carbons (Fsp3) is 0.333. The lowest BCUT2D eigenvalue weighted by Gasteiger charge is -2.36. The van der Waals surface area contributed by atoms with Crippen LogP contribution in [0, 0.1) is 0 Å². The first kappa shape index (κ1) is 17.1. The molecule has 1 N–H and O–H groups in total. The minimum Gasteiger partial charge on any atom is -0.454 e. The Balaban J connectivity index is 1.27. The van der Waals surface area contributed by atoms with E-state index in [0.29, 0.717) is 19.5 Å². The van der Waals surface area contributed by atoms with Crippen molar-refractivity contribution in [2.75, 3.05) is 19.9 Å². The highest BCUT2D eigenvalue weighted by atomic mass is 16.7. The molecular weight excluding hydrogens is 358 g/mol. The molecule has 5 rings (SSSR count). The van der Waals surface area contributed by atoms with Crippen LogP contribution in [0.5, 0.6) is 11.5 Å². The first-order valence-corrected chi connectivity index (χ1v) is 9.44. The summed E-state index contributed by atoms with van der Waals surface area (Å²) in [6.07, 6.45) is 1.79. The third-order valence-electron chi connectivity index (χ3n) is 5.59. The quantitative estimate of drug-likeness (QED) is 0.755. The van der Waals surface area contributed by atoms with E-state index in [1.54, 1.807) is 11.2 Å². The average molecular weight is 379 g/mol. The van der Waals surface area contributed by atoms with Crippen LogP contribution in [0.1, 0.15) is 17.9 Å². The number of amides is 1. The number of aromatic nitrogens is 2. The number of aliphatic hydroxyl groups excluding tert-OH is 1. The summed E-state index contributed by atoms with van der Waals surface area (Å²) in [6, 6.07) is 13.5. The van der Waals surface area contributed by atoms with Gasteiger partial charge in [-0.05, 0) is 36.2 Å². The minimum absolute atomic E-state index is 0.00802. The number of hydrogen-bond donors (Lipinski definition) is 1. The normalized spacial score (nSPS) is 21.2. The van der Waals surface area contributed by atoms with Crippen molar-refractivity contribution in [3.05, 3.63) is 54.4 Å². The Bertz CT molecular complexity index is 1030. The van der Waals surface area contributed by atoms with Crippen LogP contribution in [-0.4, -0.2) is 51.5 Å². The maximum absolute atomic E-state index is 12.8. The molecule has 0 radical (unpaired) electrons. The molecule has 2 aliphatic heterocycles. The van der Waals surface area contributed by atoms with E-state index in [4.69, 9.17) is 9.47 Å². The Hall–Kier alpha value is -3.06. The summed E-state index contributed by atoms with van der Waals surface area (Å²) in [7, 11) is 0. The van der Waals surface area contributed by atoms with Gasteiger partial charge >= 0.3 is 0 Å². The largest absolute Gasteiger partial charge is 0.454 e. The molecule has 2 atom stereocenters. The van der Waals surface area contributed by atoms with Crippen LogP contribution >= 0.6 is 0 Å². The van der Waals surface area contributed by atoms with Gasteiger partial charge in [0.1, 0.15) is 6.54 Å². The highest BCUT2D eigenvalue weighted by Crippen LogP contribution is 2.37. The van der Waals surface area contributed by atoms with Crippen molar-refractivity contribution in [1.82, 2.24) is 14.5 Å². The van der Waals surface area contributed by atoms with E-state index in [1.165, 1.54) is 0 Å². The van der Waals surface area contributed by atoms with Crippen molar-refractivity contribution in [3.63, 3.8) is 0 Å². The molecule has 1 aromatic heterocycles. The highest BCUT2D eigenvalue weighted by molar-refractivity contribution is 5.80. The topological polar surface area (TPSA) is 76.8 Å². The van der Waals surface area contributed by atoms with Crippen molar-refractivity contribution < 1.29 is 19.4 Å². The maximum atomic E-state index is 12.8. The number of rotatable bonds is 3. The van der Waals surface area contributed by atoms with Gasteiger partial charge in [0.05, 0.1) is 23.5 Å². The molecule has 144 valence electrons. The van der Waals surface area contributed by atoms with E-state index >= 15 is 0 Å². The molecule has 0 saturated carbocycles. The minimum atomic E-state index is -0.613. The molecule has 3 heterocycles. The Morgan fingerprint density at radius 1 is 1.18 bits per heavy atom. The summed E-state index contributed by atoms with van der Waals surface area (Å²) < 4.78 is 12.6. The SMILES string of the molecule is O=C(Cn1cnc2ccccc21)N1CC[C@@H](c2ccc3c(c2)OCO3)[C@H](O)C1. The van der Waals surface area contributed by atoms with E-state index in [-0.39, 0.29) is 25.2 Å². The Labute approximate surface area is 162 Å². The molecule has 0 bridgehead atoms. The van der Waals surface area contributed by atoms with E-state index in [1.807, 2.05) is 47.0 Å². The van der Waals surface area contributed by atoms with Gasteiger partial charge in [-0.2, -0.15) is 0 Å². The second-order valence-electron chi connectivity index (χ2n) is 7.28. The van der Waals surface area contributed by atoms with Gasteiger partial charge in [0.25, 0.3) is 0 Å². The fourth-order valence-corrected chi connectivity index (χ4v) is 4.07. The van der Waals surface area contributed by atoms with Crippen molar-refractivity contribution >= 4 is 16.9 Å². The first-order chi connectivity index (χ1) is 13.7. The zero-order valence-electron chi connectivity index (χ0n) is 15.3. The molecule has 3 aromatic rings. The number of ether oxygens (including phenoxy) is 2. The second-order valence-corrected chi connectivity index (χ2v) is 7.28. The van der Waals surface area contributed by atoms with Gasteiger partial charge < -0.3 is 24.0 Å². The average Bonchev–Trinajstić information content (AvgIpc) is 3.34. The zero-order chi connectivity index (χ0) is 19.1. The Morgan fingerprint density at radius 2 is 2.04 bits per heavy atom. The van der Waals surface area contributed by atoms with E-state index < -0.39 is 6.10 Å². The van der Waals surface area contributed by atoms with Crippen LogP contribution in [0.25, 0.3) is 11.0 Å². The lowest BCUT2D eigenvalue weighted by Crippen LogP contribution is -2.46. The summed E-state index contributed by atoms with van der Waals surface area (Å²) in [6.45, 7) is 1.39. The lowest BCUT2D eigenvalue weighted by molar-refractivity contribution is -0.135. The summed E-state index contributed by atoms with van der Waals surface area (Å²) in [5.74, 6) is 1.42. The number of fused-ring (bicyclic) bond motifs is 2.